The Morgan fingerprint density at radius 1 is 1.36 bits per heavy atom. The summed E-state index contributed by atoms with van der Waals surface area (Å²) in [5.41, 5.74) is 5.32. The van der Waals surface area contributed by atoms with E-state index in [4.69, 9.17) is 20.3 Å². The molecule has 1 saturated heterocycles. The van der Waals surface area contributed by atoms with Gasteiger partial charge in [0.05, 0.1) is 19.8 Å². The molecule has 0 unspecified atom stereocenters. The van der Waals surface area contributed by atoms with Gasteiger partial charge in [0.1, 0.15) is 0 Å². The van der Waals surface area contributed by atoms with Crippen LogP contribution >= 0.6 is 0 Å². The van der Waals surface area contributed by atoms with Crippen LogP contribution in [-0.4, -0.2) is 37.8 Å². The summed E-state index contributed by atoms with van der Waals surface area (Å²) in [5, 5.41) is 8.72. The summed E-state index contributed by atoms with van der Waals surface area (Å²) in [7, 11) is 0. The zero-order valence-corrected chi connectivity index (χ0v) is 6.53. The summed E-state index contributed by atoms with van der Waals surface area (Å²) in [4.78, 5) is 0. The maximum Gasteiger partial charge on any atom is 0.158 e. The number of aliphatic hydroxyl groups excluding tert-OH is 1. The third-order valence-corrected chi connectivity index (χ3v) is 1.70. The Morgan fingerprint density at radius 3 is 2.45 bits per heavy atom. The molecule has 1 rings (SSSR count). The molecule has 0 aromatic heterocycles. The van der Waals surface area contributed by atoms with E-state index in [-0.39, 0.29) is 18.8 Å². The Hall–Kier alpha value is -0.160. The molecule has 4 heteroatoms. The van der Waals surface area contributed by atoms with Gasteiger partial charge in [0.2, 0.25) is 0 Å². The molecule has 0 saturated carbocycles. The van der Waals surface area contributed by atoms with Crippen molar-refractivity contribution in [3.05, 3.63) is 0 Å². The van der Waals surface area contributed by atoms with Crippen molar-refractivity contribution in [3.63, 3.8) is 0 Å². The van der Waals surface area contributed by atoms with E-state index in [1.54, 1.807) is 0 Å². The second kappa shape index (κ2) is 4.66. The first-order valence-electron chi connectivity index (χ1n) is 3.91. The quantitative estimate of drug-likeness (QED) is 0.575. The zero-order chi connectivity index (χ0) is 8.10. The summed E-state index contributed by atoms with van der Waals surface area (Å²) in [5.74, 6) is 0.143. The molecule has 1 fully saturated rings. The molecule has 1 aliphatic heterocycles. The number of ether oxygens (including phenoxy) is 2. The van der Waals surface area contributed by atoms with Gasteiger partial charge in [-0.1, -0.05) is 0 Å². The first-order valence-corrected chi connectivity index (χ1v) is 3.91. The molecule has 1 aliphatic rings. The van der Waals surface area contributed by atoms with Crippen molar-refractivity contribution >= 4 is 0 Å². The number of aliphatic hydroxyl groups is 1. The maximum absolute atomic E-state index is 8.72. The van der Waals surface area contributed by atoms with Crippen molar-refractivity contribution in [2.24, 2.45) is 11.7 Å². The van der Waals surface area contributed by atoms with E-state index in [0.29, 0.717) is 19.8 Å². The highest BCUT2D eigenvalue weighted by molar-refractivity contribution is 4.61. The van der Waals surface area contributed by atoms with Gasteiger partial charge in [0.25, 0.3) is 0 Å². The van der Waals surface area contributed by atoms with E-state index in [2.05, 4.69) is 0 Å². The minimum absolute atomic E-state index is 0.134. The Morgan fingerprint density at radius 2 is 2.00 bits per heavy atom. The predicted molar refractivity (Wildman–Crippen MR) is 39.9 cm³/mol. The summed E-state index contributed by atoms with van der Waals surface area (Å²) in [6.07, 6.45) is 0.584. The van der Waals surface area contributed by atoms with Gasteiger partial charge in [-0.3, -0.25) is 0 Å². The SMILES string of the molecule is NCCC1OCC(CO)CO1. The lowest BCUT2D eigenvalue weighted by molar-refractivity contribution is -0.206. The maximum atomic E-state index is 8.72. The van der Waals surface area contributed by atoms with E-state index in [1.807, 2.05) is 0 Å². The van der Waals surface area contributed by atoms with Crippen LogP contribution in [0, 0.1) is 5.92 Å². The normalized spacial score (nSPS) is 32.2. The van der Waals surface area contributed by atoms with Crippen molar-refractivity contribution in [1.29, 1.82) is 0 Å². The fourth-order valence-electron chi connectivity index (χ4n) is 0.991. The second-order valence-corrected chi connectivity index (χ2v) is 2.72. The van der Waals surface area contributed by atoms with Gasteiger partial charge in [-0.15, -0.1) is 0 Å². The van der Waals surface area contributed by atoms with Gasteiger partial charge in [0.15, 0.2) is 6.29 Å². The summed E-state index contributed by atoms with van der Waals surface area (Å²) < 4.78 is 10.5. The highest BCUT2D eigenvalue weighted by atomic mass is 16.7. The third kappa shape index (κ3) is 2.75. The fraction of sp³-hybridized carbons (Fsp3) is 1.00. The van der Waals surface area contributed by atoms with Crippen LogP contribution in [0.15, 0.2) is 0 Å². The molecular formula is C7H15NO3. The molecule has 0 aromatic carbocycles. The Bertz CT molecular complexity index is 102. The minimum Gasteiger partial charge on any atom is -0.396 e. The lowest BCUT2D eigenvalue weighted by Crippen LogP contribution is -2.34. The summed E-state index contributed by atoms with van der Waals surface area (Å²) in [6, 6.07) is 0. The first-order chi connectivity index (χ1) is 5.36. The van der Waals surface area contributed by atoms with Crippen LogP contribution in [-0.2, 0) is 9.47 Å². The first kappa shape index (κ1) is 8.93. The Labute approximate surface area is 66.3 Å². The largest absolute Gasteiger partial charge is 0.396 e. The van der Waals surface area contributed by atoms with Crippen LogP contribution in [0.25, 0.3) is 0 Å². The lowest BCUT2D eigenvalue weighted by atomic mass is 10.2. The number of nitrogens with two attached hydrogens (primary N) is 1. The molecule has 0 radical (unpaired) electrons. The molecular weight excluding hydrogens is 146 g/mol. The Balaban J connectivity index is 2.14. The van der Waals surface area contributed by atoms with Crippen molar-refractivity contribution in [2.75, 3.05) is 26.4 Å². The summed E-state index contributed by atoms with van der Waals surface area (Å²) in [6.45, 7) is 1.88. The molecule has 3 N–H and O–H groups in total. The van der Waals surface area contributed by atoms with Crippen molar-refractivity contribution in [3.8, 4) is 0 Å². The topological polar surface area (TPSA) is 64.7 Å². The monoisotopic (exact) mass is 161 g/mol. The van der Waals surface area contributed by atoms with Gasteiger partial charge < -0.3 is 20.3 Å². The molecule has 0 bridgehead atoms. The number of hydrogen-bond acceptors (Lipinski definition) is 4. The molecule has 11 heavy (non-hydrogen) atoms. The molecule has 0 aromatic rings. The Kier molecular flexibility index (Phi) is 3.79. The van der Waals surface area contributed by atoms with Crippen LogP contribution in [0.4, 0.5) is 0 Å². The molecule has 66 valence electrons. The van der Waals surface area contributed by atoms with Gasteiger partial charge in [-0.05, 0) is 6.54 Å². The molecule has 0 spiro atoms. The highest BCUT2D eigenvalue weighted by Gasteiger charge is 2.20. The van der Waals surface area contributed by atoms with E-state index in [1.165, 1.54) is 0 Å². The highest BCUT2D eigenvalue weighted by Crippen LogP contribution is 2.12. The number of rotatable bonds is 3. The molecule has 0 aliphatic carbocycles. The van der Waals surface area contributed by atoms with E-state index < -0.39 is 0 Å². The standard InChI is InChI=1S/C7H15NO3/c8-2-1-7-10-4-6(3-9)5-11-7/h6-7,9H,1-5,8H2. The minimum atomic E-state index is -0.150. The zero-order valence-electron chi connectivity index (χ0n) is 6.53. The predicted octanol–water partition coefficient (Wildman–Crippen LogP) is -0.683. The van der Waals surface area contributed by atoms with Crippen molar-refractivity contribution in [2.45, 2.75) is 12.7 Å². The van der Waals surface area contributed by atoms with Gasteiger partial charge in [-0.25, -0.2) is 0 Å². The van der Waals surface area contributed by atoms with Crippen molar-refractivity contribution in [1.82, 2.24) is 0 Å². The molecule has 1 heterocycles. The van der Waals surface area contributed by atoms with E-state index in [0.717, 1.165) is 6.42 Å². The molecule has 4 nitrogen and oxygen atoms in total. The summed E-state index contributed by atoms with van der Waals surface area (Å²) >= 11 is 0. The van der Waals surface area contributed by atoms with Crippen LogP contribution in [0.2, 0.25) is 0 Å². The van der Waals surface area contributed by atoms with Crippen LogP contribution in [0.1, 0.15) is 6.42 Å². The van der Waals surface area contributed by atoms with E-state index in [9.17, 15) is 0 Å². The smallest absolute Gasteiger partial charge is 0.158 e. The molecule has 0 amide bonds. The van der Waals surface area contributed by atoms with Crippen molar-refractivity contribution < 1.29 is 14.6 Å². The van der Waals surface area contributed by atoms with Gasteiger partial charge in [0, 0.05) is 12.3 Å². The van der Waals surface area contributed by atoms with Crippen LogP contribution in [0.3, 0.4) is 0 Å². The molecule has 0 atom stereocenters. The van der Waals surface area contributed by atoms with Crippen LogP contribution < -0.4 is 5.73 Å². The van der Waals surface area contributed by atoms with Gasteiger partial charge >= 0.3 is 0 Å². The third-order valence-electron chi connectivity index (χ3n) is 1.70. The van der Waals surface area contributed by atoms with E-state index >= 15 is 0 Å². The van der Waals surface area contributed by atoms with Crippen LogP contribution in [0.5, 0.6) is 0 Å². The number of hydrogen-bond donors (Lipinski definition) is 2. The average Bonchev–Trinajstić information content (AvgIpc) is 2.07. The average molecular weight is 161 g/mol. The lowest BCUT2D eigenvalue weighted by Gasteiger charge is -2.27. The fourth-order valence-corrected chi connectivity index (χ4v) is 0.991. The second-order valence-electron chi connectivity index (χ2n) is 2.72. The van der Waals surface area contributed by atoms with Gasteiger partial charge in [-0.2, -0.15) is 0 Å².